The predicted molar refractivity (Wildman–Crippen MR) is 37.9 cm³/mol. The molecule has 2 heterocycles. The van der Waals surface area contributed by atoms with E-state index in [4.69, 9.17) is 5.11 Å². The van der Waals surface area contributed by atoms with E-state index in [1.54, 1.807) is 0 Å². The van der Waals surface area contributed by atoms with Gasteiger partial charge in [-0.1, -0.05) is 0 Å². The molecule has 4 nitrogen and oxygen atoms in total. The zero-order chi connectivity index (χ0) is 8.01. The molecule has 0 amide bonds. The summed E-state index contributed by atoms with van der Waals surface area (Å²) >= 11 is 0. The fourth-order valence-corrected chi connectivity index (χ4v) is 2.18. The molecule has 2 saturated heterocycles. The molecule has 2 fully saturated rings. The number of rotatable bonds is 1. The summed E-state index contributed by atoms with van der Waals surface area (Å²) in [6.45, 7) is 0.0952. The van der Waals surface area contributed by atoms with E-state index in [-0.39, 0.29) is 24.6 Å². The number of aliphatic hydroxyl groups excluding tert-OH is 3. The van der Waals surface area contributed by atoms with E-state index in [0.29, 0.717) is 0 Å². The minimum Gasteiger partial charge on any atom is -0.396 e. The second kappa shape index (κ2) is 2.42. The molecule has 2 aliphatic rings. The van der Waals surface area contributed by atoms with Crippen molar-refractivity contribution in [3.05, 3.63) is 0 Å². The first-order valence-corrected chi connectivity index (χ1v) is 3.97. The highest BCUT2D eigenvalue weighted by Crippen LogP contribution is 2.33. The van der Waals surface area contributed by atoms with Gasteiger partial charge in [-0.3, -0.25) is 0 Å². The molecule has 4 N–H and O–H groups in total. The molecule has 64 valence electrons. The Labute approximate surface area is 64.8 Å². The van der Waals surface area contributed by atoms with Gasteiger partial charge in [-0.25, -0.2) is 0 Å². The van der Waals surface area contributed by atoms with Crippen molar-refractivity contribution in [1.82, 2.24) is 5.32 Å². The molecular formula is C7H13NO3. The normalized spacial score (nSPS) is 55.4. The van der Waals surface area contributed by atoms with E-state index in [9.17, 15) is 10.2 Å². The minimum absolute atomic E-state index is 0.00727. The molecule has 0 unspecified atom stereocenters. The Hall–Kier alpha value is -0.160. The summed E-state index contributed by atoms with van der Waals surface area (Å²) in [6.07, 6.45) is -0.548. The van der Waals surface area contributed by atoms with Crippen molar-refractivity contribution in [3.63, 3.8) is 0 Å². The van der Waals surface area contributed by atoms with Gasteiger partial charge >= 0.3 is 0 Å². The quantitative estimate of drug-likeness (QED) is 0.359. The van der Waals surface area contributed by atoms with Crippen LogP contribution in [-0.4, -0.2) is 46.2 Å². The van der Waals surface area contributed by atoms with Gasteiger partial charge in [0.25, 0.3) is 0 Å². The van der Waals surface area contributed by atoms with Crippen LogP contribution in [0.25, 0.3) is 0 Å². The van der Waals surface area contributed by atoms with Crippen molar-refractivity contribution in [2.45, 2.75) is 30.7 Å². The molecule has 0 aromatic carbocycles. The lowest BCUT2D eigenvalue weighted by molar-refractivity contribution is -0.01000. The summed E-state index contributed by atoms with van der Waals surface area (Å²) in [7, 11) is 0. The fraction of sp³-hybridized carbons (Fsp3) is 1.00. The smallest absolute Gasteiger partial charge is 0.0970 e. The average molecular weight is 159 g/mol. The summed E-state index contributed by atoms with van der Waals surface area (Å²) in [6, 6.07) is -0.104. The Bertz CT molecular complexity index is 158. The summed E-state index contributed by atoms with van der Waals surface area (Å²) in [5.74, 6) is 0.124. The van der Waals surface area contributed by atoms with Gasteiger partial charge in [0.1, 0.15) is 0 Å². The number of aliphatic hydroxyl groups is 3. The molecule has 11 heavy (non-hydrogen) atoms. The van der Waals surface area contributed by atoms with Crippen LogP contribution in [0, 0.1) is 5.92 Å². The maximum absolute atomic E-state index is 9.37. The van der Waals surface area contributed by atoms with Crippen LogP contribution in [0.4, 0.5) is 0 Å². The molecule has 2 aliphatic heterocycles. The van der Waals surface area contributed by atoms with E-state index < -0.39 is 12.2 Å². The summed E-state index contributed by atoms with van der Waals surface area (Å²) in [5.41, 5.74) is 0. The van der Waals surface area contributed by atoms with Crippen LogP contribution in [0.3, 0.4) is 0 Å². The van der Waals surface area contributed by atoms with Crippen LogP contribution in [0.1, 0.15) is 6.42 Å². The monoisotopic (exact) mass is 159 g/mol. The molecule has 0 aliphatic carbocycles. The first-order chi connectivity index (χ1) is 5.24. The first kappa shape index (κ1) is 7.49. The lowest BCUT2D eigenvalue weighted by Gasteiger charge is -2.26. The molecule has 4 heteroatoms. The van der Waals surface area contributed by atoms with Gasteiger partial charge in [-0.15, -0.1) is 0 Å². The maximum Gasteiger partial charge on any atom is 0.0970 e. The fourth-order valence-electron chi connectivity index (χ4n) is 2.18. The van der Waals surface area contributed by atoms with Gasteiger partial charge in [0.2, 0.25) is 0 Å². The maximum atomic E-state index is 9.37. The Morgan fingerprint density at radius 1 is 1.27 bits per heavy atom. The standard InChI is InChI=1S/C7H13NO3/c9-2-3-1-4-6(10)7(11)5(3)8-4/h3-11H,1-2H2/t3-,4-,5+,6-,7+/m1/s1. The van der Waals surface area contributed by atoms with Crippen LogP contribution in [0.15, 0.2) is 0 Å². The number of hydrogen-bond donors (Lipinski definition) is 4. The Morgan fingerprint density at radius 3 is 2.45 bits per heavy atom. The lowest BCUT2D eigenvalue weighted by atomic mass is 9.86. The molecule has 0 saturated carbocycles. The van der Waals surface area contributed by atoms with Crippen LogP contribution in [-0.2, 0) is 0 Å². The van der Waals surface area contributed by atoms with Crippen LogP contribution in [0.5, 0.6) is 0 Å². The molecule has 2 rings (SSSR count). The van der Waals surface area contributed by atoms with Crippen LogP contribution in [0.2, 0.25) is 0 Å². The summed E-state index contributed by atoms with van der Waals surface area (Å²) in [5, 5.41) is 30.6. The van der Waals surface area contributed by atoms with Crippen molar-refractivity contribution in [1.29, 1.82) is 0 Å². The second-order valence-corrected chi connectivity index (χ2v) is 3.46. The molecule has 0 spiro atoms. The third-order valence-electron chi connectivity index (χ3n) is 2.84. The van der Waals surface area contributed by atoms with Crippen molar-refractivity contribution < 1.29 is 15.3 Å². The Balaban J connectivity index is 2.10. The largest absolute Gasteiger partial charge is 0.396 e. The van der Waals surface area contributed by atoms with E-state index in [1.165, 1.54) is 0 Å². The summed E-state index contributed by atoms with van der Waals surface area (Å²) < 4.78 is 0. The molecule has 5 atom stereocenters. The zero-order valence-electron chi connectivity index (χ0n) is 6.14. The van der Waals surface area contributed by atoms with Crippen molar-refractivity contribution in [3.8, 4) is 0 Å². The van der Waals surface area contributed by atoms with E-state index in [2.05, 4.69) is 5.32 Å². The van der Waals surface area contributed by atoms with Gasteiger partial charge < -0.3 is 20.6 Å². The van der Waals surface area contributed by atoms with Gasteiger partial charge in [0.15, 0.2) is 0 Å². The highest BCUT2D eigenvalue weighted by molar-refractivity contribution is 5.08. The highest BCUT2D eigenvalue weighted by Gasteiger charge is 2.50. The first-order valence-electron chi connectivity index (χ1n) is 3.97. The molecule has 2 bridgehead atoms. The third kappa shape index (κ3) is 0.906. The third-order valence-corrected chi connectivity index (χ3v) is 2.84. The highest BCUT2D eigenvalue weighted by atomic mass is 16.3. The average Bonchev–Trinajstić information content (AvgIpc) is 2.53. The van der Waals surface area contributed by atoms with E-state index in [0.717, 1.165) is 6.42 Å². The number of hydrogen-bond acceptors (Lipinski definition) is 4. The number of fused-ring (bicyclic) bond motifs is 2. The van der Waals surface area contributed by atoms with Gasteiger partial charge in [0.05, 0.1) is 12.2 Å². The van der Waals surface area contributed by atoms with E-state index >= 15 is 0 Å². The zero-order valence-corrected chi connectivity index (χ0v) is 6.14. The Morgan fingerprint density at radius 2 is 2.00 bits per heavy atom. The van der Waals surface area contributed by atoms with Gasteiger partial charge in [-0.05, 0) is 6.42 Å². The summed E-state index contributed by atoms with van der Waals surface area (Å²) in [4.78, 5) is 0. The lowest BCUT2D eigenvalue weighted by Crippen LogP contribution is -2.42. The Kier molecular flexibility index (Phi) is 1.64. The minimum atomic E-state index is -0.689. The topological polar surface area (TPSA) is 72.7 Å². The van der Waals surface area contributed by atoms with Gasteiger partial charge in [-0.2, -0.15) is 0 Å². The molecule has 0 radical (unpaired) electrons. The van der Waals surface area contributed by atoms with Crippen molar-refractivity contribution in [2.75, 3.05) is 6.61 Å². The molecule has 0 aromatic rings. The molecule has 0 aromatic heterocycles. The van der Waals surface area contributed by atoms with Gasteiger partial charge in [0, 0.05) is 24.6 Å². The van der Waals surface area contributed by atoms with Crippen LogP contribution >= 0.6 is 0 Å². The molecular weight excluding hydrogens is 146 g/mol. The van der Waals surface area contributed by atoms with E-state index in [1.807, 2.05) is 0 Å². The second-order valence-electron chi connectivity index (χ2n) is 3.46. The predicted octanol–water partition coefficient (Wildman–Crippen LogP) is -1.94. The number of nitrogens with one attached hydrogen (secondary N) is 1. The van der Waals surface area contributed by atoms with Crippen molar-refractivity contribution >= 4 is 0 Å². The van der Waals surface area contributed by atoms with Crippen LogP contribution < -0.4 is 5.32 Å². The SMILES string of the molecule is OC[C@H]1C[C@H]2N[C@@H]1[C@H](O)[C@@H]2O. The van der Waals surface area contributed by atoms with Crippen molar-refractivity contribution in [2.24, 2.45) is 5.92 Å².